The number of nitrogens with one attached hydrogen (secondary N) is 3. The Bertz CT molecular complexity index is 1210. The van der Waals surface area contributed by atoms with Gasteiger partial charge in [-0.1, -0.05) is 37.0 Å². The molecule has 0 saturated heterocycles. The Labute approximate surface area is 226 Å². The van der Waals surface area contributed by atoms with Crippen molar-refractivity contribution in [3.63, 3.8) is 0 Å². The molecule has 3 heterocycles. The monoisotopic (exact) mass is 583 g/mol. The number of pyridine rings is 1. The second kappa shape index (κ2) is 12.8. The van der Waals surface area contributed by atoms with Gasteiger partial charge in [0.25, 0.3) is 0 Å². The van der Waals surface area contributed by atoms with Gasteiger partial charge in [-0.05, 0) is 42.3 Å². The number of nitrogens with zero attached hydrogens (tertiary/aromatic N) is 2. The fourth-order valence-electron chi connectivity index (χ4n) is 4.42. The third-order valence-corrected chi connectivity index (χ3v) is 6.61. The fraction of sp³-hybridized carbons (Fsp3) is 0.480. The summed E-state index contributed by atoms with van der Waals surface area (Å²) < 4.78 is 77.1. The Morgan fingerprint density at radius 1 is 1.05 bits per heavy atom. The van der Waals surface area contributed by atoms with Crippen LogP contribution in [0.5, 0.6) is 0 Å². The topological polar surface area (TPSA) is 56.0 Å². The van der Waals surface area contributed by atoms with Crippen molar-refractivity contribution in [1.29, 1.82) is 0 Å². The van der Waals surface area contributed by atoms with Crippen molar-refractivity contribution >= 4 is 39.9 Å². The van der Waals surface area contributed by atoms with Crippen LogP contribution in [0.25, 0.3) is 10.9 Å². The molecule has 210 valence electrons. The molecule has 2 aromatic heterocycles. The van der Waals surface area contributed by atoms with E-state index in [0.717, 1.165) is 28.2 Å². The highest BCUT2D eigenvalue weighted by Crippen LogP contribution is 2.36. The molecule has 4 rings (SSSR count). The van der Waals surface area contributed by atoms with Crippen molar-refractivity contribution in [3.8, 4) is 0 Å². The van der Waals surface area contributed by atoms with E-state index in [2.05, 4.69) is 25.5 Å². The van der Waals surface area contributed by atoms with E-state index in [4.69, 9.17) is 23.2 Å². The highest BCUT2D eigenvalue weighted by Gasteiger charge is 2.36. The molecule has 1 aliphatic heterocycles. The predicted octanol–water partition coefficient (Wildman–Crippen LogP) is 7.47. The van der Waals surface area contributed by atoms with E-state index >= 15 is 0 Å². The minimum atomic E-state index is -4.68. The molecule has 5 nitrogen and oxygen atoms in total. The summed E-state index contributed by atoms with van der Waals surface area (Å²) in [4.78, 5) is 9.04. The number of hydrogen-bond donors (Lipinski definition) is 3. The van der Waals surface area contributed by atoms with Crippen LogP contribution < -0.4 is 10.6 Å². The van der Waals surface area contributed by atoms with Gasteiger partial charge in [0.05, 0.1) is 17.5 Å². The normalized spacial score (nSPS) is 16.2. The standard InChI is InChI=1S/C23H23Cl2F6N5.C2H6/c24-13-1-3-17-15(11-13)14-5-9-36(18(20(14)34-17)12-32-7-6-22(26,27)28)10-8-33-19-4-2-16(25)21(35-19)23(29,30)31;1-2/h1-4,11,18,32,34H,5-10,12H2,(H,33,35);1-2H3. The number of aromatic amines is 1. The van der Waals surface area contributed by atoms with Crippen molar-refractivity contribution < 1.29 is 26.3 Å². The van der Waals surface area contributed by atoms with E-state index in [-0.39, 0.29) is 31.5 Å². The molecule has 0 saturated carbocycles. The van der Waals surface area contributed by atoms with Gasteiger partial charge in [-0.25, -0.2) is 4.98 Å². The molecule has 0 aliphatic carbocycles. The first-order chi connectivity index (χ1) is 17.9. The number of rotatable bonds is 8. The van der Waals surface area contributed by atoms with Gasteiger partial charge in [-0.3, -0.25) is 4.90 Å². The molecule has 38 heavy (non-hydrogen) atoms. The maximum atomic E-state index is 13.1. The van der Waals surface area contributed by atoms with Crippen LogP contribution in [0.4, 0.5) is 32.2 Å². The molecule has 0 bridgehead atoms. The largest absolute Gasteiger partial charge is 0.434 e. The zero-order valence-electron chi connectivity index (χ0n) is 20.8. The first-order valence-corrected chi connectivity index (χ1v) is 13.0. The SMILES string of the molecule is CC.FC(F)(F)CCNCC1c2[nH]c3ccc(Cl)cc3c2CCN1CCNc1ccc(Cl)c(C(F)(F)F)n1. The summed E-state index contributed by atoms with van der Waals surface area (Å²) in [6, 6.07) is 7.72. The predicted molar refractivity (Wildman–Crippen MR) is 139 cm³/mol. The van der Waals surface area contributed by atoms with Gasteiger partial charge in [-0.15, -0.1) is 0 Å². The van der Waals surface area contributed by atoms with Gasteiger partial charge in [0.15, 0.2) is 5.69 Å². The number of benzene rings is 1. The van der Waals surface area contributed by atoms with E-state index in [1.165, 1.54) is 6.07 Å². The third kappa shape index (κ3) is 7.68. The Morgan fingerprint density at radius 2 is 1.79 bits per heavy atom. The second-order valence-corrected chi connectivity index (χ2v) is 9.37. The molecule has 13 heteroatoms. The van der Waals surface area contributed by atoms with Crippen molar-refractivity contribution in [3.05, 3.63) is 57.3 Å². The average Bonchev–Trinajstić information content (AvgIpc) is 3.21. The van der Waals surface area contributed by atoms with Crippen LogP contribution in [-0.2, 0) is 12.6 Å². The lowest BCUT2D eigenvalue weighted by atomic mass is 9.97. The van der Waals surface area contributed by atoms with Crippen molar-refractivity contribution in [2.45, 2.75) is 45.1 Å². The first kappa shape index (κ1) is 30.3. The van der Waals surface area contributed by atoms with Gasteiger partial charge in [0, 0.05) is 54.3 Å². The Kier molecular flexibility index (Phi) is 10.2. The van der Waals surface area contributed by atoms with Crippen LogP contribution in [0.3, 0.4) is 0 Å². The second-order valence-electron chi connectivity index (χ2n) is 8.53. The molecule has 0 amide bonds. The quantitative estimate of drug-likeness (QED) is 0.190. The molecule has 0 radical (unpaired) electrons. The van der Waals surface area contributed by atoms with Crippen LogP contribution in [0.2, 0.25) is 10.0 Å². The third-order valence-electron chi connectivity index (χ3n) is 6.07. The van der Waals surface area contributed by atoms with Crippen molar-refractivity contribution in [1.82, 2.24) is 20.2 Å². The molecule has 0 spiro atoms. The molecule has 3 aromatic rings. The van der Waals surface area contributed by atoms with Crippen LogP contribution in [-0.4, -0.2) is 53.8 Å². The smallest absolute Gasteiger partial charge is 0.369 e. The zero-order valence-corrected chi connectivity index (χ0v) is 22.3. The number of H-pyrrole nitrogens is 1. The molecule has 0 fully saturated rings. The molecule has 1 aliphatic rings. The summed E-state index contributed by atoms with van der Waals surface area (Å²) in [6.45, 7) is 5.35. The van der Waals surface area contributed by atoms with Crippen LogP contribution >= 0.6 is 23.2 Å². The number of anilines is 1. The summed E-state index contributed by atoms with van der Waals surface area (Å²) in [7, 11) is 0. The van der Waals surface area contributed by atoms with Crippen molar-refractivity contribution in [2.24, 2.45) is 0 Å². The number of hydrogen-bond acceptors (Lipinski definition) is 4. The lowest BCUT2D eigenvalue weighted by molar-refractivity contribution is -0.141. The molecular weight excluding hydrogens is 555 g/mol. The maximum absolute atomic E-state index is 13.1. The summed E-state index contributed by atoms with van der Waals surface area (Å²) >= 11 is 11.8. The summed E-state index contributed by atoms with van der Waals surface area (Å²) in [5.41, 5.74) is 1.67. The maximum Gasteiger partial charge on any atom is 0.434 e. The number of halogens is 8. The molecule has 1 unspecified atom stereocenters. The van der Waals surface area contributed by atoms with E-state index in [1.54, 1.807) is 6.07 Å². The minimum absolute atomic E-state index is 0.0320. The molecule has 3 N–H and O–H groups in total. The highest BCUT2D eigenvalue weighted by atomic mass is 35.5. The summed E-state index contributed by atoms with van der Waals surface area (Å²) in [6.07, 6.45) is -9.19. The van der Waals surface area contributed by atoms with Crippen LogP contribution in [0, 0.1) is 0 Å². The Balaban J connectivity index is 0.00000195. The summed E-state index contributed by atoms with van der Waals surface area (Å²) in [5, 5.41) is 6.86. The molecule has 1 atom stereocenters. The number of alkyl halides is 6. The highest BCUT2D eigenvalue weighted by molar-refractivity contribution is 6.31. The molecular formula is C25H29Cl2F6N5. The Morgan fingerprint density at radius 3 is 2.47 bits per heavy atom. The average molecular weight is 584 g/mol. The van der Waals surface area contributed by atoms with Gasteiger partial charge in [0.2, 0.25) is 0 Å². The van der Waals surface area contributed by atoms with Gasteiger partial charge in [0.1, 0.15) is 5.82 Å². The number of aromatic nitrogens is 2. The van der Waals surface area contributed by atoms with Crippen molar-refractivity contribution in [2.75, 3.05) is 38.0 Å². The fourth-order valence-corrected chi connectivity index (χ4v) is 4.81. The van der Waals surface area contributed by atoms with E-state index in [0.29, 0.717) is 24.5 Å². The van der Waals surface area contributed by atoms with Gasteiger partial charge in [-0.2, -0.15) is 26.3 Å². The lowest BCUT2D eigenvalue weighted by Gasteiger charge is -2.36. The summed E-state index contributed by atoms with van der Waals surface area (Å²) in [5.74, 6) is 0.0320. The van der Waals surface area contributed by atoms with Crippen LogP contribution in [0.15, 0.2) is 30.3 Å². The van der Waals surface area contributed by atoms with Crippen LogP contribution in [0.1, 0.15) is 43.3 Å². The van der Waals surface area contributed by atoms with Gasteiger partial charge >= 0.3 is 12.4 Å². The lowest BCUT2D eigenvalue weighted by Crippen LogP contribution is -2.43. The van der Waals surface area contributed by atoms with E-state index < -0.39 is 29.5 Å². The van der Waals surface area contributed by atoms with E-state index in [1.807, 2.05) is 26.0 Å². The number of fused-ring (bicyclic) bond motifs is 3. The Hall–Kier alpha value is -2.21. The first-order valence-electron chi connectivity index (χ1n) is 12.2. The van der Waals surface area contributed by atoms with Gasteiger partial charge < -0.3 is 15.6 Å². The zero-order chi connectivity index (χ0) is 28.1. The van der Waals surface area contributed by atoms with E-state index in [9.17, 15) is 26.3 Å². The minimum Gasteiger partial charge on any atom is -0.369 e. The molecule has 1 aromatic carbocycles.